The number of Topliss-reactive ketones (excluding diaryl/α,β-unsaturated/α-hetero) is 1. The number of nitrogens with one attached hydrogen (secondary N) is 3. The van der Waals surface area contributed by atoms with E-state index in [0.29, 0.717) is 13.0 Å². The van der Waals surface area contributed by atoms with E-state index >= 15 is 0 Å². The molecule has 0 unspecified atom stereocenters. The van der Waals surface area contributed by atoms with Crippen molar-refractivity contribution in [2.75, 3.05) is 78.9 Å². The number of nitrogens with zero attached hydrogens (tertiary/aromatic N) is 1. The van der Waals surface area contributed by atoms with E-state index in [1.807, 2.05) is 0 Å². The first-order valence-corrected chi connectivity index (χ1v) is 16.5. The van der Waals surface area contributed by atoms with Crippen LogP contribution in [0.3, 0.4) is 0 Å². The highest BCUT2D eigenvalue weighted by atomic mass is 16.7. The van der Waals surface area contributed by atoms with Crippen molar-refractivity contribution in [2.24, 2.45) is 0 Å². The Morgan fingerprint density at radius 3 is 1.34 bits per heavy atom. The summed E-state index contributed by atoms with van der Waals surface area (Å²) in [7, 11) is 0. The van der Waals surface area contributed by atoms with Gasteiger partial charge in [-0.05, 0) is 20.8 Å². The summed E-state index contributed by atoms with van der Waals surface area (Å²) in [4.78, 5) is 50.2. The van der Waals surface area contributed by atoms with E-state index in [-0.39, 0.29) is 78.1 Å². The lowest BCUT2D eigenvalue weighted by Gasteiger charge is -2.38. The summed E-state index contributed by atoms with van der Waals surface area (Å²) in [6, 6.07) is 0. The normalized spacial score (nSPS) is 29.8. The van der Waals surface area contributed by atoms with Crippen LogP contribution in [0.25, 0.3) is 0 Å². The third-order valence-electron chi connectivity index (χ3n) is 7.67. The number of hydrogen-bond donors (Lipinski definition) is 9. The van der Waals surface area contributed by atoms with E-state index in [9.17, 15) is 49.8 Å². The molecule has 0 aromatic carbocycles. The van der Waals surface area contributed by atoms with Crippen LogP contribution in [0, 0.1) is 0 Å². The summed E-state index contributed by atoms with van der Waals surface area (Å²) in [6.45, 7) is 4.23. The minimum absolute atomic E-state index is 0.0218. The Labute approximate surface area is 290 Å². The van der Waals surface area contributed by atoms with Crippen molar-refractivity contribution >= 4 is 23.5 Å². The third-order valence-corrected chi connectivity index (χ3v) is 7.67. The zero-order valence-corrected chi connectivity index (χ0v) is 28.7. The molecule has 2 saturated heterocycles. The molecular formula is C30H54N4O16. The van der Waals surface area contributed by atoms with Crippen molar-refractivity contribution in [2.45, 2.75) is 88.6 Å². The lowest BCUT2D eigenvalue weighted by atomic mass is 10.0. The van der Waals surface area contributed by atoms with Crippen molar-refractivity contribution in [1.29, 1.82) is 0 Å². The van der Waals surface area contributed by atoms with Gasteiger partial charge in [0.25, 0.3) is 0 Å². The van der Waals surface area contributed by atoms with Gasteiger partial charge in [-0.3, -0.25) is 24.1 Å². The minimum atomic E-state index is -1.50. The number of hydrogen-bond acceptors (Lipinski definition) is 17. The number of ether oxygens (including phenoxy) is 6. The zero-order valence-electron chi connectivity index (χ0n) is 28.7. The van der Waals surface area contributed by atoms with E-state index in [1.54, 1.807) is 0 Å². The van der Waals surface area contributed by atoms with Gasteiger partial charge < -0.3 is 75.0 Å². The molecule has 2 aliphatic rings. The molecule has 0 aromatic rings. The molecule has 0 bridgehead atoms. The Morgan fingerprint density at radius 2 is 0.940 bits per heavy atom. The summed E-state index contributed by atoms with van der Waals surface area (Å²) >= 11 is 0. The van der Waals surface area contributed by atoms with Crippen molar-refractivity contribution in [3.05, 3.63) is 0 Å². The first-order chi connectivity index (χ1) is 23.7. The molecule has 0 spiro atoms. The highest BCUT2D eigenvalue weighted by molar-refractivity contribution is 5.84. The van der Waals surface area contributed by atoms with Crippen LogP contribution in [-0.4, -0.2) is 199 Å². The number of carbonyl (C=O) groups excluding carboxylic acids is 4. The van der Waals surface area contributed by atoms with Crippen LogP contribution in [0.2, 0.25) is 0 Å². The van der Waals surface area contributed by atoms with Gasteiger partial charge in [0.05, 0.1) is 71.5 Å². The van der Waals surface area contributed by atoms with Gasteiger partial charge in [-0.2, -0.15) is 0 Å². The highest BCUT2D eigenvalue weighted by Gasteiger charge is 2.43. The quantitative estimate of drug-likeness (QED) is 0.0444. The smallest absolute Gasteiger partial charge is 0.234 e. The molecule has 20 heteroatoms. The Hall–Kier alpha value is -2.44. The lowest BCUT2D eigenvalue weighted by molar-refractivity contribution is -0.292. The third kappa shape index (κ3) is 15.8. The molecule has 10 atom stereocenters. The van der Waals surface area contributed by atoms with Crippen LogP contribution in [0.4, 0.5) is 0 Å². The molecule has 2 rings (SSSR count). The molecule has 0 aromatic heterocycles. The molecule has 50 heavy (non-hydrogen) atoms. The molecule has 2 heterocycles. The number of rotatable bonds is 23. The van der Waals surface area contributed by atoms with Gasteiger partial charge in [0.1, 0.15) is 42.4 Å². The number of ketones is 1. The Morgan fingerprint density at radius 1 is 0.560 bits per heavy atom. The lowest BCUT2D eigenvalue weighted by Crippen LogP contribution is -2.57. The second-order valence-electron chi connectivity index (χ2n) is 12.0. The van der Waals surface area contributed by atoms with Gasteiger partial charge in [-0.25, -0.2) is 0 Å². The van der Waals surface area contributed by atoms with Crippen LogP contribution in [0.15, 0.2) is 0 Å². The number of carbonyl (C=O) groups is 4. The molecule has 3 amide bonds. The number of aliphatic hydroxyl groups is 6. The maximum atomic E-state index is 12.7. The molecule has 0 radical (unpaired) electrons. The number of amides is 3. The first kappa shape index (κ1) is 43.7. The van der Waals surface area contributed by atoms with Gasteiger partial charge in [0.15, 0.2) is 12.6 Å². The van der Waals surface area contributed by atoms with Crippen LogP contribution < -0.4 is 16.0 Å². The van der Waals surface area contributed by atoms with Gasteiger partial charge in [0, 0.05) is 26.1 Å². The Kier molecular flexibility index (Phi) is 20.3. The molecule has 290 valence electrons. The predicted molar refractivity (Wildman–Crippen MR) is 169 cm³/mol. The summed E-state index contributed by atoms with van der Waals surface area (Å²) in [5.41, 5.74) is 0. The molecular weight excluding hydrogens is 672 g/mol. The SMILES string of the molecule is CC(=O)CCOCCOCCNC(=O)CN(CC(=O)NCCO[C@@H]1O[C@@H](C)[C@@H](O)[C@@H](O)[C@@H]1O)CC(=O)NCCO[C@@H]1O[C@@H](C)[C@@H](O)[C@@H](O)[C@@H]1O. The number of aliphatic hydroxyl groups excluding tert-OH is 6. The van der Waals surface area contributed by atoms with Gasteiger partial charge in [0.2, 0.25) is 17.7 Å². The molecule has 2 fully saturated rings. The fraction of sp³-hybridized carbons (Fsp3) is 0.867. The van der Waals surface area contributed by atoms with Crippen molar-refractivity contribution < 1.29 is 78.2 Å². The largest absolute Gasteiger partial charge is 0.388 e. The Bertz CT molecular complexity index is 987. The second kappa shape index (κ2) is 23.2. The average molecular weight is 727 g/mol. The standard InChI is InChI=1S/C30H54N4O16/c1-17(35)4-8-45-12-13-46-9-5-31-20(36)14-34(15-21(37)32-6-10-47-29-27(43)25(41)23(39)18(2)49-29)16-22(38)33-7-11-48-30-28(44)26(42)24(40)19(3)50-30/h18-19,23-30,39-44H,4-16H2,1-3H3,(H,31,36)(H,32,37)(H,33,38)/t18-,19-,23+,24+,25+,26+,27-,28-,29+,30+/m0/s1. The summed E-state index contributed by atoms with van der Waals surface area (Å²) < 4.78 is 32.1. The van der Waals surface area contributed by atoms with E-state index in [1.165, 1.54) is 25.7 Å². The summed E-state index contributed by atoms with van der Waals surface area (Å²) in [5, 5.41) is 67.3. The summed E-state index contributed by atoms with van der Waals surface area (Å²) in [5.74, 6) is -1.58. The van der Waals surface area contributed by atoms with Gasteiger partial charge >= 0.3 is 0 Å². The zero-order chi connectivity index (χ0) is 37.2. The molecule has 9 N–H and O–H groups in total. The monoisotopic (exact) mass is 726 g/mol. The van der Waals surface area contributed by atoms with Crippen LogP contribution in [0.1, 0.15) is 27.2 Å². The minimum Gasteiger partial charge on any atom is -0.388 e. The Balaban J connectivity index is 1.79. The van der Waals surface area contributed by atoms with Crippen LogP contribution in [0.5, 0.6) is 0 Å². The van der Waals surface area contributed by atoms with E-state index in [0.717, 1.165) is 0 Å². The maximum Gasteiger partial charge on any atom is 0.234 e. The predicted octanol–water partition coefficient (Wildman–Crippen LogP) is -5.66. The molecule has 20 nitrogen and oxygen atoms in total. The van der Waals surface area contributed by atoms with E-state index in [4.69, 9.17) is 28.4 Å². The van der Waals surface area contributed by atoms with Crippen LogP contribution >= 0.6 is 0 Å². The van der Waals surface area contributed by atoms with E-state index in [2.05, 4.69) is 16.0 Å². The van der Waals surface area contributed by atoms with Gasteiger partial charge in [-0.15, -0.1) is 0 Å². The average Bonchev–Trinajstić information content (AvgIpc) is 3.06. The van der Waals surface area contributed by atoms with Crippen molar-refractivity contribution in [3.8, 4) is 0 Å². The maximum absolute atomic E-state index is 12.7. The molecule has 2 aliphatic heterocycles. The fourth-order valence-corrected chi connectivity index (χ4v) is 4.78. The molecule has 0 saturated carbocycles. The molecule has 0 aliphatic carbocycles. The summed E-state index contributed by atoms with van der Waals surface area (Å²) in [6.07, 6.45) is -12.3. The van der Waals surface area contributed by atoms with Gasteiger partial charge in [-0.1, -0.05) is 0 Å². The van der Waals surface area contributed by atoms with E-state index < -0.39 is 79.1 Å². The topological polar surface area (TPSA) is 284 Å². The van der Waals surface area contributed by atoms with Crippen molar-refractivity contribution in [1.82, 2.24) is 20.9 Å². The first-order valence-electron chi connectivity index (χ1n) is 16.5. The van der Waals surface area contributed by atoms with Crippen molar-refractivity contribution in [3.63, 3.8) is 0 Å². The highest BCUT2D eigenvalue weighted by Crippen LogP contribution is 2.22. The van der Waals surface area contributed by atoms with Crippen LogP contribution in [-0.2, 0) is 47.6 Å². The second-order valence-corrected chi connectivity index (χ2v) is 12.0. The fourth-order valence-electron chi connectivity index (χ4n) is 4.78.